The molecule has 2 aromatic rings. The predicted molar refractivity (Wildman–Crippen MR) is 103 cm³/mol. The third-order valence-corrected chi connectivity index (χ3v) is 4.92. The Morgan fingerprint density at radius 2 is 2.04 bits per heavy atom. The molecule has 2 rings (SSSR count). The highest BCUT2D eigenvalue weighted by molar-refractivity contribution is 9.10. The van der Waals surface area contributed by atoms with E-state index in [-0.39, 0.29) is 11.2 Å². The number of amides is 1. The summed E-state index contributed by atoms with van der Waals surface area (Å²) in [6.45, 7) is 1.82. The number of rotatable bonds is 6. The number of thioether (sulfide) groups is 1. The van der Waals surface area contributed by atoms with E-state index in [0.29, 0.717) is 10.8 Å². The molecule has 0 aliphatic carbocycles. The zero-order valence-corrected chi connectivity index (χ0v) is 16.3. The molecular formula is C17H16BrClN2O2S. The molecule has 0 bridgehead atoms. The van der Waals surface area contributed by atoms with Gasteiger partial charge in [-0.2, -0.15) is 5.10 Å². The van der Waals surface area contributed by atoms with E-state index < -0.39 is 0 Å². The van der Waals surface area contributed by atoms with E-state index in [2.05, 4.69) is 26.5 Å². The van der Waals surface area contributed by atoms with Crippen molar-refractivity contribution >= 4 is 51.4 Å². The maximum Gasteiger partial charge on any atom is 0.253 e. The van der Waals surface area contributed by atoms with E-state index >= 15 is 0 Å². The van der Waals surface area contributed by atoms with Crippen LogP contribution in [0.15, 0.2) is 56.9 Å². The monoisotopic (exact) mass is 426 g/mol. The minimum atomic E-state index is -0.285. The highest BCUT2D eigenvalue weighted by Gasteiger charge is 2.13. The van der Waals surface area contributed by atoms with Gasteiger partial charge in [0, 0.05) is 20.0 Å². The summed E-state index contributed by atoms with van der Waals surface area (Å²) in [7, 11) is 1.59. The van der Waals surface area contributed by atoms with Crippen LogP contribution in [0.3, 0.4) is 0 Å². The smallest absolute Gasteiger partial charge is 0.253 e. The topological polar surface area (TPSA) is 50.7 Å². The number of nitrogens with one attached hydrogen (secondary N) is 1. The van der Waals surface area contributed by atoms with Gasteiger partial charge < -0.3 is 4.74 Å². The van der Waals surface area contributed by atoms with Gasteiger partial charge in [0.1, 0.15) is 5.75 Å². The molecule has 126 valence electrons. The standard InChI is InChI=1S/C17H16BrClN2O2S/c1-11(24-15-6-4-14(19)5-7-15)17(22)21-20-10-12-9-13(18)3-8-16(12)23-2/h3-11H,1-2H3,(H,21,22)/b20-10-/t11-/m1/s1. The largest absolute Gasteiger partial charge is 0.496 e. The molecule has 0 aliphatic rings. The van der Waals surface area contributed by atoms with Crippen LogP contribution in [-0.2, 0) is 4.79 Å². The fraction of sp³-hybridized carbons (Fsp3) is 0.176. The number of carbonyl (C=O) groups is 1. The average Bonchev–Trinajstić information content (AvgIpc) is 2.57. The van der Waals surface area contributed by atoms with Crippen LogP contribution in [0.5, 0.6) is 5.75 Å². The number of hydrogen-bond donors (Lipinski definition) is 1. The first-order valence-electron chi connectivity index (χ1n) is 7.08. The third-order valence-electron chi connectivity index (χ3n) is 3.07. The van der Waals surface area contributed by atoms with Gasteiger partial charge in [0.2, 0.25) is 0 Å². The number of halogens is 2. The van der Waals surface area contributed by atoms with Gasteiger partial charge in [-0.05, 0) is 49.4 Å². The van der Waals surface area contributed by atoms with E-state index in [0.717, 1.165) is 14.9 Å². The Balaban J connectivity index is 1.94. The molecule has 1 atom stereocenters. The van der Waals surface area contributed by atoms with Gasteiger partial charge in [0.05, 0.1) is 18.6 Å². The SMILES string of the molecule is COc1ccc(Br)cc1/C=N\NC(=O)[C@@H](C)Sc1ccc(Cl)cc1. The maximum absolute atomic E-state index is 12.1. The summed E-state index contributed by atoms with van der Waals surface area (Å²) in [5.41, 5.74) is 3.31. The van der Waals surface area contributed by atoms with Gasteiger partial charge in [0.15, 0.2) is 0 Å². The maximum atomic E-state index is 12.1. The van der Waals surface area contributed by atoms with Crippen molar-refractivity contribution in [3.63, 3.8) is 0 Å². The normalized spacial score (nSPS) is 12.2. The lowest BCUT2D eigenvalue weighted by Crippen LogP contribution is -2.26. The second-order valence-corrected chi connectivity index (χ2v) is 7.60. The lowest BCUT2D eigenvalue weighted by Gasteiger charge is -2.09. The van der Waals surface area contributed by atoms with Crippen LogP contribution in [-0.4, -0.2) is 24.5 Å². The molecule has 0 spiro atoms. The molecule has 1 amide bonds. The molecule has 0 saturated heterocycles. The number of nitrogens with zero attached hydrogens (tertiary/aromatic N) is 1. The Hall–Kier alpha value is -1.50. The summed E-state index contributed by atoms with van der Waals surface area (Å²) in [4.78, 5) is 13.1. The summed E-state index contributed by atoms with van der Waals surface area (Å²) in [5, 5.41) is 4.39. The Bertz CT molecular complexity index is 738. The number of methoxy groups -OCH3 is 1. The minimum absolute atomic E-state index is 0.180. The van der Waals surface area contributed by atoms with E-state index in [9.17, 15) is 4.79 Å². The summed E-state index contributed by atoms with van der Waals surface area (Å²) in [6.07, 6.45) is 1.56. The van der Waals surface area contributed by atoms with Crippen molar-refractivity contribution in [3.8, 4) is 5.75 Å². The first-order chi connectivity index (χ1) is 11.5. The minimum Gasteiger partial charge on any atom is -0.496 e. The first kappa shape index (κ1) is 18.8. The van der Waals surface area contributed by atoms with Gasteiger partial charge in [0.25, 0.3) is 5.91 Å². The molecule has 0 radical (unpaired) electrons. The van der Waals surface area contributed by atoms with Crippen LogP contribution in [0.2, 0.25) is 5.02 Å². The molecule has 0 aliphatic heterocycles. The molecule has 24 heavy (non-hydrogen) atoms. The van der Waals surface area contributed by atoms with Crippen molar-refractivity contribution in [2.24, 2.45) is 5.10 Å². The molecule has 2 aromatic carbocycles. The zero-order valence-electron chi connectivity index (χ0n) is 13.1. The number of ether oxygens (including phenoxy) is 1. The first-order valence-corrected chi connectivity index (χ1v) is 9.13. The number of hydrogen-bond acceptors (Lipinski definition) is 4. The van der Waals surface area contributed by atoms with Crippen molar-refractivity contribution in [1.29, 1.82) is 0 Å². The quantitative estimate of drug-likeness (QED) is 0.411. The third kappa shape index (κ3) is 5.54. The van der Waals surface area contributed by atoms with Crippen molar-refractivity contribution in [2.45, 2.75) is 17.1 Å². The van der Waals surface area contributed by atoms with Crippen molar-refractivity contribution in [1.82, 2.24) is 5.43 Å². The molecule has 0 unspecified atom stereocenters. The van der Waals surface area contributed by atoms with Crippen LogP contribution in [0.4, 0.5) is 0 Å². The average molecular weight is 428 g/mol. The second kappa shape index (κ2) is 9.11. The molecule has 0 heterocycles. The van der Waals surface area contributed by atoms with Crippen LogP contribution in [0.1, 0.15) is 12.5 Å². The number of carbonyl (C=O) groups excluding carboxylic acids is 1. The zero-order chi connectivity index (χ0) is 17.5. The van der Waals surface area contributed by atoms with Crippen molar-refractivity contribution < 1.29 is 9.53 Å². The van der Waals surface area contributed by atoms with E-state index in [1.807, 2.05) is 37.3 Å². The predicted octanol–water partition coefficient (Wildman–Crippen LogP) is 4.74. The van der Waals surface area contributed by atoms with Gasteiger partial charge in [-0.15, -0.1) is 11.8 Å². The van der Waals surface area contributed by atoms with E-state index in [1.54, 1.807) is 25.5 Å². The van der Waals surface area contributed by atoms with Crippen molar-refractivity contribution in [3.05, 3.63) is 57.5 Å². The molecule has 1 N–H and O–H groups in total. The lowest BCUT2D eigenvalue weighted by atomic mass is 10.2. The highest BCUT2D eigenvalue weighted by atomic mass is 79.9. The second-order valence-electron chi connectivity index (χ2n) is 4.83. The molecule has 0 saturated carbocycles. The van der Waals surface area contributed by atoms with E-state index in [4.69, 9.17) is 16.3 Å². The number of hydrazone groups is 1. The summed E-state index contributed by atoms with van der Waals surface area (Å²) in [6, 6.07) is 12.9. The molecule has 0 fully saturated rings. The fourth-order valence-corrected chi connectivity index (χ4v) is 3.20. The Labute approximate surface area is 158 Å². The lowest BCUT2D eigenvalue weighted by molar-refractivity contribution is -0.120. The van der Waals surface area contributed by atoms with Crippen LogP contribution in [0, 0.1) is 0 Å². The summed E-state index contributed by atoms with van der Waals surface area (Å²) in [5.74, 6) is 0.500. The summed E-state index contributed by atoms with van der Waals surface area (Å²) < 4.78 is 6.16. The molecular weight excluding hydrogens is 412 g/mol. The van der Waals surface area contributed by atoms with Gasteiger partial charge in [-0.25, -0.2) is 5.43 Å². The van der Waals surface area contributed by atoms with Gasteiger partial charge >= 0.3 is 0 Å². The Morgan fingerprint density at radius 3 is 2.71 bits per heavy atom. The number of benzene rings is 2. The Morgan fingerprint density at radius 1 is 1.33 bits per heavy atom. The molecule has 0 aromatic heterocycles. The van der Waals surface area contributed by atoms with E-state index in [1.165, 1.54) is 11.8 Å². The van der Waals surface area contributed by atoms with Gasteiger partial charge in [-0.3, -0.25) is 4.79 Å². The van der Waals surface area contributed by atoms with Crippen molar-refractivity contribution in [2.75, 3.05) is 7.11 Å². The van der Waals surface area contributed by atoms with Crippen LogP contribution < -0.4 is 10.2 Å². The Kier molecular flexibility index (Phi) is 7.15. The molecule has 4 nitrogen and oxygen atoms in total. The summed E-state index contributed by atoms with van der Waals surface area (Å²) >= 11 is 10.7. The van der Waals surface area contributed by atoms with Crippen LogP contribution >= 0.6 is 39.3 Å². The van der Waals surface area contributed by atoms with Crippen LogP contribution in [0.25, 0.3) is 0 Å². The highest BCUT2D eigenvalue weighted by Crippen LogP contribution is 2.25. The molecule has 7 heteroatoms. The van der Waals surface area contributed by atoms with Gasteiger partial charge in [-0.1, -0.05) is 27.5 Å². The fourth-order valence-electron chi connectivity index (χ4n) is 1.83.